The molecule has 1 amide bonds. The third-order valence-electron chi connectivity index (χ3n) is 3.75. The van der Waals surface area contributed by atoms with E-state index in [9.17, 15) is 4.79 Å². The molecule has 0 aliphatic carbocycles. The second-order valence-electron chi connectivity index (χ2n) is 5.56. The molecule has 1 aliphatic heterocycles. The lowest BCUT2D eigenvalue weighted by Crippen LogP contribution is -2.28. The van der Waals surface area contributed by atoms with Crippen molar-refractivity contribution in [1.82, 2.24) is 0 Å². The fraction of sp³-hybridized carbons (Fsp3) is 0.467. The van der Waals surface area contributed by atoms with Crippen LogP contribution in [0.4, 0.5) is 5.69 Å². The average Bonchev–Trinajstić information content (AvgIpc) is 2.71. The summed E-state index contributed by atoms with van der Waals surface area (Å²) < 4.78 is 0. The lowest BCUT2D eigenvalue weighted by atomic mass is 9.84. The molecular weight excluding hydrogens is 238 g/mol. The Hall–Kier alpha value is -1.86. The molecule has 100 valence electrons. The summed E-state index contributed by atoms with van der Waals surface area (Å²) in [7, 11) is 0. The molecule has 0 unspecified atom stereocenters. The van der Waals surface area contributed by atoms with Crippen molar-refractivity contribution in [3.8, 4) is 6.07 Å². The standard InChI is InChI=1S/C15H19N3O/c1-15(2,10-17)12-4-5-13-11(8-12)9-14(19)18(13)7-3-6-16/h4-5,8H,3,7,9-10,17H2,1-2H3. The van der Waals surface area contributed by atoms with E-state index in [1.165, 1.54) is 0 Å². The number of amides is 1. The van der Waals surface area contributed by atoms with Gasteiger partial charge in [0.1, 0.15) is 0 Å². The van der Waals surface area contributed by atoms with Crippen LogP contribution in [0.5, 0.6) is 0 Å². The van der Waals surface area contributed by atoms with E-state index < -0.39 is 0 Å². The average molecular weight is 257 g/mol. The van der Waals surface area contributed by atoms with Crippen LogP contribution in [-0.2, 0) is 16.6 Å². The summed E-state index contributed by atoms with van der Waals surface area (Å²) in [5, 5.41) is 8.64. The van der Waals surface area contributed by atoms with Crippen molar-refractivity contribution in [3.63, 3.8) is 0 Å². The minimum Gasteiger partial charge on any atom is -0.330 e. The number of benzene rings is 1. The van der Waals surface area contributed by atoms with Gasteiger partial charge >= 0.3 is 0 Å². The van der Waals surface area contributed by atoms with E-state index in [1.807, 2.05) is 12.1 Å². The van der Waals surface area contributed by atoms with Crippen molar-refractivity contribution < 1.29 is 4.79 Å². The number of carbonyl (C=O) groups excluding carboxylic acids is 1. The quantitative estimate of drug-likeness (QED) is 0.893. The van der Waals surface area contributed by atoms with Crippen LogP contribution in [0.3, 0.4) is 0 Å². The van der Waals surface area contributed by atoms with Crippen molar-refractivity contribution in [3.05, 3.63) is 29.3 Å². The van der Waals surface area contributed by atoms with E-state index in [-0.39, 0.29) is 11.3 Å². The molecule has 0 radical (unpaired) electrons. The zero-order chi connectivity index (χ0) is 14.0. The second-order valence-corrected chi connectivity index (χ2v) is 5.56. The third kappa shape index (κ3) is 2.47. The van der Waals surface area contributed by atoms with Gasteiger partial charge in [-0.25, -0.2) is 0 Å². The summed E-state index contributed by atoms with van der Waals surface area (Å²) in [6, 6.07) is 8.16. The number of hydrogen-bond donors (Lipinski definition) is 1. The smallest absolute Gasteiger partial charge is 0.231 e. The van der Waals surface area contributed by atoms with E-state index in [4.69, 9.17) is 11.0 Å². The van der Waals surface area contributed by atoms with Gasteiger partial charge in [0.2, 0.25) is 5.91 Å². The number of fused-ring (bicyclic) bond motifs is 1. The maximum absolute atomic E-state index is 12.0. The van der Waals surface area contributed by atoms with E-state index in [0.29, 0.717) is 25.9 Å². The van der Waals surface area contributed by atoms with Gasteiger partial charge in [0.05, 0.1) is 18.9 Å². The van der Waals surface area contributed by atoms with Crippen LogP contribution >= 0.6 is 0 Å². The van der Waals surface area contributed by atoms with Crippen molar-refractivity contribution >= 4 is 11.6 Å². The summed E-state index contributed by atoms with van der Waals surface area (Å²) in [5.41, 5.74) is 8.85. The zero-order valence-corrected chi connectivity index (χ0v) is 11.4. The Labute approximate surface area is 113 Å². The Balaban J connectivity index is 2.32. The van der Waals surface area contributed by atoms with Crippen LogP contribution in [0.2, 0.25) is 0 Å². The van der Waals surface area contributed by atoms with Gasteiger partial charge in [-0.1, -0.05) is 26.0 Å². The highest BCUT2D eigenvalue weighted by Gasteiger charge is 2.28. The number of hydrogen-bond acceptors (Lipinski definition) is 3. The molecule has 2 N–H and O–H groups in total. The SMILES string of the molecule is CC(C)(CN)c1ccc2c(c1)CC(=O)N2CCC#N. The van der Waals surface area contributed by atoms with E-state index >= 15 is 0 Å². The molecular formula is C15H19N3O. The summed E-state index contributed by atoms with van der Waals surface area (Å²) in [5.74, 6) is 0.0768. The first-order valence-electron chi connectivity index (χ1n) is 6.50. The molecule has 1 aliphatic rings. The Morgan fingerprint density at radius 2 is 2.21 bits per heavy atom. The maximum Gasteiger partial charge on any atom is 0.231 e. The molecule has 2 rings (SSSR count). The second kappa shape index (κ2) is 5.02. The molecule has 4 heteroatoms. The highest BCUT2D eigenvalue weighted by molar-refractivity contribution is 6.01. The number of nitriles is 1. The first kappa shape index (κ1) is 13.6. The zero-order valence-electron chi connectivity index (χ0n) is 11.4. The lowest BCUT2D eigenvalue weighted by molar-refractivity contribution is -0.117. The normalized spacial score (nSPS) is 14.4. The van der Waals surface area contributed by atoms with Crippen LogP contribution in [0, 0.1) is 11.3 Å². The van der Waals surface area contributed by atoms with Gasteiger partial charge in [0, 0.05) is 24.2 Å². The first-order valence-corrected chi connectivity index (χ1v) is 6.50. The number of nitrogens with two attached hydrogens (primary N) is 1. The molecule has 0 saturated carbocycles. The van der Waals surface area contributed by atoms with Crippen LogP contribution in [0.15, 0.2) is 18.2 Å². The van der Waals surface area contributed by atoms with Crippen molar-refractivity contribution in [2.24, 2.45) is 5.73 Å². The molecule has 0 aromatic heterocycles. The minimum absolute atomic E-state index is 0.0768. The minimum atomic E-state index is -0.0852. The van der Waals surface area contributed by atoms with Gasteiger partial charge in [-0.3, -0.25) is 4.79 Å². The van der Waals surface area contributed by atoms with Gasteiger partial charge in [-0.05, 0) is 17.2 Å². The topological polar surface area (TPSA) is 70.1 Å². The summed E-state index contributed by atoms with van der Waals surface area (Å²) in [6.45, 7) is 5.23. The van der Waals surface area contributed by atoms with Crippen LogP contribution < -0.4 is 10.6 Å². The Bertz CT molecular complexity index is 543. The van der Waals surface area contributed by atoms with Crippen molar-refractivity contribution in [2.75, 3.05) is 18.0 Å². The largest absolute Gasteiger partial charge is 0.330 e. The monoisotopic (exact) mass is 257 g/mol. The number of nitrogens with zero attached hydrogens (tertiary/aromatic N) is 2. The van der Waals surface area contributed by atoms with Crippen molar-refractivity contribution in [2.45, 2.75) is 32.1 Å². The maximum atomic E-state index is 12.0. The van der Waals surface area contributed by atoms with Gasteiger partial charge < -0.3 is 10.6 Å². The van der Waals surface area contributed by atoms with Gasteiger partial charge in [-0.2, -0.15) is 5.26 Å². The van der Waals surface area contributed by atoms with E-state index in [0.717, 1.165) is 16.8 Å². The molecule has 0 saturated heterocycles. The van der Waals surface area contributed by atoms with Crippen molar-refractivity contribution in [1.29, 1.82) is 5.26 Å². The molecule has 0 spiro atoms. The van der Waals surface area contributed by atoms with E-state index in [1.54, 1.807) is 4.90 Å². The Kier molecular flexibility index (Phi) is 3.59. The molecule has 4 nitrogen and oxygen atoms in total. The number of rotatable bonds is 4. The highest BCUT2D eigenvalue weighted by Crippen LogP contribution is 2.33. The van der Waals surface area contributed by atoms with Gasteiger partial charge in [-0.15, -0.1) is 0 Å². The summed E-state index contributed by atoms with van der Waals surface area (Å²) in [6.07, 6.45) is 0.788. The summed E-state index contributed by atoms with van der Waals surface area (Å²) in [4.78, 5) is 13.7. The molecule has 1 heterocycles. The molecule has 0 fully saturated rings. The predicted molar refractivity (Wildman–Crippen MR) is 74.8 cm³/mol. The van der Waals surface area contributed by atoms with Gasteiger partial charge in [0.15, 0.2) is 0 Å². The third-order valence-corrected chi connectivity index (χ3v) is 3.75. The van der Waals surface area contributed by atoms with Gasteiger partial charge in [0.25, 0.3) is 0 Å². The summed E-state index contributed by atoms with van der Waals surface area (Å²) >= 11 is 0. The molecule has 0 bridgehead atoms. The molecule has 19 heavy (non-hydrogen) atoms. The highest BCUT2D eigenvalue weighted by atomic mass is 16.2. The van der Waals surface area contributed by atoms with E-state index in [2.05, 4.69) is 26.0 Å². The number of anilines is 1. The Morgan fingerprint density at radius 1 is 1.47 bits per heavy atom. The predicted octanol–water partition coefficient (Wildman–Crippen LogP) is 1.73. The molecule has 1 aromatic carbocycles. The fourth-order valence-electron chi connectivity index (χ4n) is 2.33. The van der Waals surface area contributed by atoms with Crippen LogP contribution in [0.1, 0.15) is 31.4 Å². The number of carbonyl (C=O) groups is 1. The first-order chi connectivity index (χ1) is 8.99. The lowest BCUT2D eigenvalue weighted by Gasteiger charge is -2.24. The Morgan fingerprint density at radius 3 is 2.84 bits per heavy atom. The molecule has 1 aromatic rings. The molecule has 0 atom stereocenters. The van der Waals surface area contributed by atoms with Crippen LogP contribution in [0.25, 0.3) is 0 Å². The van der Waals surface area contributed by atoms with Crippen LogP contribution in [-0.4, -0.2) is 19.0 Å². The fourth-order valence-corrected chi connectivity index (χ4v) is 2.33.